The average molecular weight is 1190 g/mol. The number of rotatable bonds is 5. The molecule has 8 heterocycles. The Hall–Kier alpha value is -12.5. The van der Waals surface area contributed by atoms with E-state index in [4.69, 9.17) is 8.83 Å². The van der Waals surface area contributed by atoms with Crippen molar-refractivity contribution in [1.29, 1.82) is 5.26 Å². The predicted octanol–water partition coefficient (Wildman–Crippen LogP) is 18.7. The van der Waals surface area contributed by atoms with Crippen LogP contribution >= 0.6 is 0 Å². The smallest absolute Gasteiger partial charge is 0.332 e. The molecule has 14 aromatic carbocycles. The molecule has 22 rings (SSSR count). The lowest BCUT2D eigenvalue weighted by Crippen LogP contribution is -2.53. The van der Waals surface area contributed by atoms with E-state index in [0.29, 0.717) is 5.56 Å². The van der Waals surface area contributed by atoms with E-state index in [0.717, 1.165) is 127 Å². The van der Waals surface area contributed by atoms with Gasteiger partial charge in [-0.3, -0.25) is 0 Å². The molecule has 94 heavy (non-hydrogen) atoms. The van der Waals surface area contributed by atoms with Gasteiger partial charge in [-0.15, -0.1) is 0 Å². The summed E-state index contributed by atoms with van der Waals surface area (Å²) >= 11 is 0. The molecule has 20 aromatic rings. The van der Waals surface area contributed by atoms with Crippen molar-refractivity contribution in [3.05, 3.63) is 291 Å². The molecule has 430 valence electrons. The standard InChI is InChI=1S/C85H47B2N5O2/c88-48-49-37-39-57-61-28-18-31-67-81(61)90(74(57)45-49)72-35-15-10-29-65(72)86(67)92-70-33-13-8-25-63(70)77-53(41-42-55(82(77)92)51-21-5-2-6-22-51)52-38-40-59-62-43-44-73-78(84(62)94-76(59)46-52)79-83-68(47-64-58-24-9-16-36-75(58)93-85(64)79)87(66-30-11-14-34-71(66)89(73)83)91-69-32-12-7-23-56(69)60-27-17-26-54(80(60)91)50-19-3-1-4-20-50/h1-47H. The van der Waals surface area contributed by atoms with Crippen LogP contribution in [0.5, 0.6) is 0 Å². The molecule has 0 amide bonds. The van der Waals surface area contributed by atoms with E-state index in [1.165, 1.54) is 70.9 Å². The summed E-state index contributed by atoms with van der Waals surface area (Å²) in [7, 11) is 0. The van der Waals surface area contributed by atoms with Crippen LogP contribution in [0.25, 0.3) is 176 Å². The minimum Gasteiger partial charge on any atom is -0.455 e. The zero-order valence-corrected chi connectivity index (χ0v) is 50.3. The van der Waals surface area contributed by atoms with Crippen LogP contribution in [0.15, 0.2) is 294 Å². The molecule has 2 aliphatic rings. The number of para-hydroxylation sites is 7. The monoisotopic (exact) mass is 1190 g/mol. The van der Waals surface area contributed by atoms with Gasteiger partial charge in [0.25, 0.3) is 0 Å². The maximum absolute atomic E-state index is 10.2. The molecule has 7 nitrogen and oxygen atoms in total. The van der Waals surface area contributed by atoms with Gasteiger partial charge in [0.15, 0.2) is 0 Å². The summed E-state index contributed by atoms with van der Waals surface area (Å²) < 4.78 is 25.0. The van der Waals surface area contributed by atoms with Gasteiger partial charge in [0.2, 0.25) is 0 Å². The molecular weight excluding hydrogens is 1140 g/mol. The predicted molar refractivity (Wildman–Crippen MR) is 390 cm³/mol. The van der Waals surface area contributed by atoms with Gasteiger partial charge in [0, 0.05) is 98.4 Å². The van der Waals surface area contributed by atoms with Crippen molar-refractivity contribution in [3.63, 3.8) is 0 Å². The molecule has 0 bridgehead atoms. The van der Waals surface area contributed by atoms with E-state index < -0.39 is 0 Å². The number of nitrogens with zero attached hydrogens (tertiary/aromatic N) is 5. The third-order valence-corrected chi connectivity index (χ3v) is 21.1. The fourth-order valence-electron chi connectivity index (χ4n) is 17.4. The maximum Gasteiger partial charge on any atom is 0.332 e. The summed E-state index contributed by atoms with van der Waals surface area (Å²) in [5.41, 5.74) is 27.0. The SMILES string of the molecule is N#Cc1ccc2c3cccc4c3n(c2c1)-c1ccccc1B4n1c2ccccc2c2c(-c3ccc4c(c3)oc3c4ccc4c3c3c5oc6ccccc6c5cc5c3n4-c3ccccc3B5n3c4ccccc4c4cccc(-c5ccccc5)c43)ccc(-c3ccccc3)c21. The summed E-state index contributed by atoms with van der Waals surface area (Å²) in [6.45, 7) is -0.432. The van der Waals surface area contributed by atoms with E-state index in [2.05, 4.69) is 297 Å². The van der Waals surface area contributed by atoms with E-state index in [1.807, 2.05) is 12.1 Å². The number of hydrogen-bond donors (Lipinski definition) is 0. The van der Waals surface area contributed by atoms with Crippen molar-refractivity contribution >= 4 is 167 Å². The number of aromatic nitrogens is 4. The van der Waals surface area contributed by atoms with E-state index in [-0.39, 0.29) is 13.7 Å². The van der Waals surface area contributed by atoms with Crippen LogP contribution in [0.4, 0.5) is 0 Å². The highest BCUT2D eigenvalue weighted by molar-refractivity contribution is 6.89. The fraction of sp³-hybridized carbons (Fsp3) is 0. The lowest BCUT2D eigenvalue weighted by Gasteiger charge is -2.29. The van der Waals surface area contributed by atoms with E-state index >= 15 is 0 Å². The Morgan fingerprint density at radius 3 is 1.61 bits per heavy atom. The summed E-state index contributed by atoms with van der Waals surface area (Å²) in [6.07, 6.45) is 0. The van der Waals surface area contributed by atoms with Crippen LogP contribution in [-0.2, 0) is 0 Å². The Labute approximate surface area is 537 Å². The Balaban J connectivity index is 0.812. The quantitative estimate of drug-likeness (QED) is 0.161. The first-order chi connectivity index (χ1) is 46.6. The van der Waals surface area contributed by atoms with Gasteiger partial charge in [0.05, 0.1) is 44.5 Å². The highest BCUT2D eigenvalue weighted by Crippen LogP contribution is 2.49. The molecule has 0 fully saturated rings. The number of benzene rings is 14. The fourth-order valence-corrected chi connectivity index (χ4v) is 17.4. The third-order valence-electron chi connectivity index (χ3n) is 21.1. The van der Waals surface area contributed by atoms with Crippen LogP contribution < -0.4 is 21.9 Å². The van der Waals surface area contributed by atoms with Crippen molar-refractivity contribution in [3.8, 4) is 50.8 Å². The van der Waals surface area contributed by atoms with Crippen LogP contribution in [0.3, 0.4) is 0 Å². The van der Waals surface area contributed by atoms with Crippen molar-refractivity contribution in [1.82, 2.24) is 18.1 Å². The molecule has 0 N–H and O–H groups in total. The first-order valence-corrected chi connectivity index (χ1v) is 32.3. The Morgan fingerprint density at radius 2 is 0.830 bits per heavy atom. The molecule has 0 radical (unpaired) electrons. The second kappa shape index (κ2) is 18.4. The summed E-state index contributed by atoms with van der Waals surface area (Å²) in [5.74, 6) is 0. The lowest BCUT2D eigenvalue weighted by molar-refractivity contribution is 0.670. The topological polar surface area (TPSA) is 69.8 Å². The average Bonchev–Trinajstić information content (AvgIpc) is 1.51. The molecule has 0 saturated carbocycles. The number of fused-ring (bicyclic) bond motifs is 24. The Morgan fingerprint density at radius 1 is 0.287 bits per heavy atom. The molecule has 0 saturated heterocycles. The van der Waals surface area contributed by atoms with Gasteiger partial charge in [-0.05, 0) is 111 Å². The lowest BCUT2D eigenvalue weighted by atomic mass is 9.48. The Kier molecular flexibility index (Phi) is 9.81. The van der Waals surface area contributed by atoms with E-state index in [1.54, 1.807) is 0 Å². The first-order valence-electron chi connectivity index (χ1n) is 32.3. The van der Waals surface area contributed by atoms with Crippen LogP contribution in [0, 0.1) is 11.3 Å². The molecule has 9 heteroatoms. The molecule has 6 aromatic heterocycles. The highest BCUT2D eigenvalue weighted by Gasteiger charge is 2.41. The minimum atomic E-state index is -0.225. The van der Waals surface area contributed by atoms with Gasteiger partial charge in [0.1, 0.15) is 22.3 Å². The molecule has 0 spiro atoms. The number of hydrogen-bond acceptors (Lipinski definition) is 3. The normalized spacial score (nSPS) is 12.8. The van der Waals surface area contributed by atoms with Crippen LogP contribution in [0.2, 0.25) is 0 Å². The summed E-state index contributed by atoms with van der Waals surface area (Å²) in [5, 5.41) is 23.6. The summed E-state index contributed by atoms with van der Waals surface area (Å²) in [6, 6.07) is 107. The second-order valence-electron chi connectivity index (χ2n) is 25.6. The van der Waals surface area contributed by atoms with Gasteiger partial charge in [-0.25, -0.2) is 0 Å². The molecule has 0 atom stereocenters. The number of furan rings is 2. The molecule has 0 aliphatic carbocycles. The minimum absolute atomic E-state index is 0.208. The highest BCUT2D eigenvalue weighted by atomic mass is 16.3. The van der Waals surface area contributed by atoms with Gasteiger partial charge in [-0.1, -0.05) is 218 Å². The maximum atomic E-state index is 10.2. The zero-order valence-electron chi connectivity index (χ0n) is 50.3. The third kappa shape index (κ3) is 6.41. The molecule has 2 aliphatic heterocycles. The van der Waals surface area contributed by atoms with E-state index in [9.17, 15) is 5.26 Å². The van der Waals surface area contributed by atoms with Crippen molar-refractivity contribution < 1.29 is 8.83 Å². The van der Waals surface area contributed by atoms with Crippen molar-refractivity contribution in [2.75, 3.05) is 0 Å². The zero-order chi connectivity index (χ0) is 61.2. The van der Waals surface area contributed by atoms with Crippen molar-refractivity contribution in [2.45, 2.75) is 0 Å². The van der Waals surface area contributed by atoms with Crippen molar-refractivity contribution in [2.24, 2.45) is 0 Å². The van der Waals surface area contributed by atoms with Gasteiger partial charge >= 0.3 is 13.7 Å². The van der Waals surface area contributed by atoms with Gasteiger partial charge in [-0.2, -0.15) is 5.26 Å². The van der Waals surface area contributed by atoms with Crippen LogP contribution in [0.1, 0.15) is 5.56 Å². The molecule has 0 unspecified atom stereocenters. The van der Waals surface area contributed by atoms with Gasteiger partial charge < -0.3 is 26.9 Å². The number of nitriles is 1. The molecular formula is C85H47B2N5O2. The first kappa shape index (κ1) is 50.3. The van der Waals surface area contributed by atoms with Crippen LogP contribution in [-0.4, -0.2) is 31.8 Å². The summed E-state index contributed by atoms with van der Waals surface area (Å²) in [4.78, 5) is 0. The second-order valence-corrected chi connectivity index (χ2v) is 25.6. The Bertz CT molecular complexity index is 6830. The largest absolute Gasteiger partial charge is 0.455 e.